The molecule has 0 spiro atoms. The third-order valence-electron chi connectivity index (χ3n) is 1.31. The maximum atomic E-state index is 5.25. The zero-order valence-corrected chi connectivity index (χ0v) is 5.73. The van der Waals surface area contributed by atoms with Crippen LogP contribution in [-0.2, 0) is 0 Å². The molecule has 0 unspecified atom stereocenters. The van der Waals surface area contributed by atoms with Crippen molar-refractivity contribution in [1.29, 1.82) is 0 Å². The van der Waals surface area contributed by atoms with Gasteiger partial charge in [-0.1, -0.05) is 11.6 Å². The van der Waals surface area contributed by atoms with Crippen LogP contribution in [0.4, 0.5) is 0 Å². The van der Waals surface area contributed by atoms with Crippen LogP contribution in [0.3, 0.4) is 0 Å². The zero-order valence-electron chi connectivity index (χ0n) is 5.73. The second-order valence-corrected chi connectivity index (χ2v) is 1.82. The van der Waals surface area contributed by atoms with Crippen LogP contribution in [-0.4, -0.2) is 0 Å². The third-order valence-corrected chi connectivity index (χ3v) is 1.31. The lowest BCUT2D eigenvalue weighted by Crippen LogP contribution is -1.84. The van der Waals surface area contributed by atoms with Crippen molar-refractivity contribution in [3.8, 4) is 0 Å². The van der Waals surface area contributed by atoms with Gasteiger partial charge in [-0.3, -0.25) is 0 Å². The van der Waals surface area contributed by atoms with E-state index in [0.717, 1.165) is 5.57 Å². The van der Waals surface area contributed by atoms with E-state index in [2.05, 4.69) is 0 Å². The minimum absolute atomic E-state index is 0. The largest absolute Gasteiger partial charge is 0.404 e. The summed E-state index contributed by atoms with van der Waals surface area (Å²) in [5.74, 6) is 0. The summed E-state index contributed by atoms with van der Waals surface area (Å²) in [6.45, 7) is 6.04. The summed E-state index contributed by atoms with van der Waals surface area (Å²) in [7, 11) is 0. The Morgan fingerprint density at radius 2 is 1.88 bits per heavy atom. The topological polar surface area (TPSA) is 26.0 Å². The molecule has 2 N–H and O–H groups in total. The van der Waals surface area contributed by atoms with Gasteiger partial charge in [-0.2, -0.15) is 0 Å². The summed E-state index contributed by atoms with van der Waals surface area (Å²) in [6, 6.07) is 0. The first-order chi connectivity index (χ1) is 3.72. The van der Waals surface area contributed by atoms with E-state index in [9.17, 15) is 0 Å². The zero-order chi connectivity index (χ0) is 6.57. The molecule has 0 aromatic rings. The van der Waals surface area contributed by atoms with Crippen LogP contribution in [0.25, 0.3) is 0 Å². The molecule has 48 valence electrons. The summed E-state index contributed by atoms with van der Waals surface area (Å²) < 4.78 is 0. The van der Waals surface area contributed by atoms with Crippen LogP contribution >= 0.6 is 0 Å². The van der Waals surface area contributed by atoms with Crippen molar-refractivity contribution >= 4 is 0 Å². The molecule has 8 heavy (non-hydrogen) atoms. The first-order valence-corrected chi connectivity index (χ1v) is 2.74. The van der Waals surface area contributed by atoms with Crippen molar-refractivity contribution in [2.45, 2.75) is 20.8 Å². The molecule has 0 atom stereocenters. The Hall–Kier alpha value is -0.720. The molecular formula is C7H15N. The Morgan fingerprint density at radius 1 is 1.38 bits per heavy atom. The van der Waals surface area contributed by atoms with Gasteiger partial charge in [0.1, 0.15) is 0 Å². The molecule has 0 saturated heterocycles. The first-order valence-electron chi connectivity index (χ1n) is 2.74. The van der Waals surface area contributed by atoms with Crippen molar-refractivity contribution < 1.29 is 1.43 Å². The smallest absolute Gasteiger partial charge is 0 e. The molecule has 0 aliphatic rings. The molecule has 0 aromatic heterocycles. The number of nitrogens with two attached hydrogens (primary N) is 1. The number of rotatable bonds is 1. The van der Waals surface area contributed by atoms with Crippen molar-refractivity contribution in [1.82, 2.24) is 0 Å². The van der Waals surface area contributed by atoms with Gasteiger partial charge in [-0.05, 0) is 32.5 Å². The second kappa shape index (κ2) is 3.30. The Kier molecular flexibility index (Phi) is 3.01. The van der Waals surface area contributed by atoms with E-state index >= 15 is 0 Å². The predicted molar refractivity (Wildman–Crippen MR) is 39.5 cm³/mol. The molecule has 0 rings (SSSR count). The van der Waals surface area contributed by atoms with Crippen LogP contribution < -0.4 is 5.73 Å². The lowest BCUT2D eigenvalue weighted by atomic mass is 10.1. The summed E-state index contributed by atoms with van der Waals surface area (Å²) in [5, 5.41) is 0. The van der Waals surface area contributed by atoms with Crippen LogP contribution in [0.2, 0.25) is 0 Å². The molecule has 1 heteroatoms. The summed E-state index contributed by atoms with van der Waals surface area (Å²) in [6.07, 6.45) is 3.66. The fourth-order valence-electron chi connectivity index (χ4n) is 0.359. The highest BCUT2D eigenvalue weighted by molar-refractivity contribution is 5.24. The third kappa shape index (κ3) is 1.82. The Bertz CT molecular complexity index is 109. The monoisotopic (exact) mass is 113 g/mol. The fraction of sp³-hybridized carbons (Fsp3) is 0.429. The summed E-state index contributed by atoms with van der Waals surface area (Å²) >= 11 is 0. The molecule has 0 amide bonds. The molecule has 0 heterocycles. The average Bonchev–Trinajstić information content (AvgIpc) is 1.84. The van der Waals surface area contributed by atoms with Crippen molar-refractivity contribution in [3.63, 3.8) is 0 Å². The Labute approximate surface area is 52.4 Å². The molecule has 0 saturated carbocycles. The summed E-state index contributed by atoms with van der Waals surface area (Å²) in [4.78, 5) is 0. The molecule has 0 aliphatic carbocycles. The lowest BCUT2D eigenvalue weighted by molar-refractivity contribution is 1.30. The first kappa shape index (κ1) is 7.28. The van der Waals surface area contributed by atoms with E-state index in [4.69, 9.17) is 5.73 Å². The Balaban J connectivity index is 0. The number of allylic oxidation sites excluding steroid dienone is 3. The quantitative estimate of drug-likeness (QED) is 0.517. The second-order valence-electron chi connectivity index (χ2n) is 1.82. The van der Waals surface area contributed by atoms with Crippen LogP contribution in [0, 0.1) is 0 Å². The van der Waals surface area contributed by atoms with Gasteiger partial charge in [0.15, 0.2) is 0 Å². The molecule has 0 aromatic carbocycles. The highest BCUT2D eigenvalue weighted by Crippen LogP contribution is 2.04. The molecule has 0 radical (unpaired) electrons. The Morgan fingerprint density at radius 3 is 2.00 bits per heavy atom. The van der Waals surface area contributed by atoms with E-state index in [1.807, 2.05) is 26.8 Å². The molecule has 1 nitrogen and oxygen atoms in total. The molecule has 0 fully saturated rings. The predicted octanol–water partition coefficient (Wildman–Crippen LogP) is 2.06. The van der Waals surface area contributed by atoms with E-state index in [1.54, 1.807) is 6.20 Å². The van der Waals surface area contributed by atoms with Gasteiger partial charge in [0.25, 0.3) is 0 Å². The van der Waals surface area contributed by atoms with Crippen LogP contribution in [0.5, 0.6) is 0 Å². The van der Waals surface area contributed by atoms with Crippen LogP contribution in [0.15, 0.2) is 23.4 Å². The van der Waals surface area contributed by atoms with E-state index in [1.165, 1.54) is 5.57 Å². The van der Waals surface area contributed by atoms with Crippen molar-refractivity contribution in [2.24, 2.45) is 5.73 Å². The van der Waals surface area contributed by atoms with E-state index in [0.29, 0.717) is 0 Å². The maximum absolute atomic E-state index is 5.25. The van der Waals surface area contributed by atoms with Gasteiger partial charge >= 0.3 is 0 Å². The van der Waals surface area contributed by atoms with Gasteiger partial charge in [0.2, 0.25) is 0 Å². The highest BCUT2D eigenvalue weighted by Gasteiger charge is 1.85. The average molecular weight is 113 g/mol. The minimum Gasteiger partial charge on any atom is -0.404 e. The summed E-state index contributed by atoms with van der Waals surface area (Å²) in [5.41, 5.74) is 7.63. The minimum atomic E-state index is 0. The van der Waals surface area contributed by atoms with Gasteiger partial charge < -0.3 is 5.73 Å². The number of hydrogen-bond acceptors (Lipinski definition) is 1. The normalized spacial score (nSPS) is 14.4. The van der Waals surface area contributed by atoms with Gasteiger partial charge in [0.05, 0.1) is 0 Å². The van der Waals surface area contributed by atoms with Crippen molar-refractivity contribution in [2.75, 3.05) is 0 Å². The fourth-order valence-corrected chi connectivity index (χ4v) is 0.359. The molecular weight excluding hydrogens is 98.1 g/mol. The standard InChI is InChI=1S/C7H13N.H2/c1-4-6(2)7(3)5-8;/h4-5H,8H2,1-3H3;1H/b6-4+,7-5-;. The van der Waals surface area contributed by atoms with Crippen molar-refractivity contribution in [3.05, 3.63) is 23.4 Å². The SMILES string of the molecule is C/C=C(C)/C(C)=C\N.[HH]. The highest BCUT2D eigenvalue weighted by atomic mass is 14.5. The van der Waals surface area contributed by atoms with E-state index in [-0.39, 0.29) is 1.43 Å². The van der Waals surface area contributed by atoms with Gasteiger partial charge in [0, 0.05) is 1.43 Å². The van der Waals surface area contributed by atoms with Crippen LogP contribution in [0.1, 0.15) is 22.2 Å². The maximum Gasteiger partial charge on any atom is 0 e. The van der Waals surface area contributed by atoms with E-state index < -0.39 is 0 Å². The number of hydrogen-bond donors (Lipinski definition) is 1. The van der Waals surface area contributed by atoms with Gasteiger partial charge in [-0.25, -0.2) is 0 Å². The molecule has 0 bridgehead atoms. The lowest BCUT2D eigenvalue weighted by Gasteiger charge is -1.95. The molecule has 0 aliphatic heterocycles. The van der Waals surface area contributed by atoms with Gasteiger partial charge in [-0.15, -0.1) is 0 Å².